The topological polar surface area (TPSA) is 105 Å². The molecule has 2 N–H and O–H groups in total. The van der Waals surface area contributed by atoms with Crippen LogP contribution in [0.3, 0.4) is 0 Å². The molecule has 0 unspecified atom stereocenters. The van der Waals surface area contributed by atoms with Gasteiger partial charge in [-0.3, -0.25) is 9.59 Å². The van der Waals surface area contributed by atoms with Gasteiger partial charge in [0.1, 0.15) is 11.8 Å². The predicted octanol–water partition coefficient (Wildman–Crippen LogP) is 2.80. The number of ether oxygens (including phenoxy) is 1. The van der Waals surface area contributed by atoms with E-state index in [4.69, 9.17) is 4.74 Å². The third-order valence-corrected chi connectivity index (χ3v) is 7.35. The summed E-state index contributed by atoms with van der Waals surface area (Å²) in [4.78, 5) is 25.7. The van der Waals surface area contributed by atoms with Crippen molar-refractivity contribution in [3.63, 3.8) is 0 Å². The van der Waals surface area contributed by atoms with Crippen molar-refractivity contribution in [3.8, 4) is 5.75 Å². The van der Waals surface area contributed by atoms with Gasteiger partial charge < -0.3 is 15.4 Å². The van der Waals surface area contributed by atoms with E-state index in [0.29, 0.717) is 19.6 Å². The van der Waals surface area contributed by atoms with Gasteiger partial charge in [0.25, 0.3) is 5.91 Å². The fraction of sp³-hybridized carbons (Fsp3) is 0.417. The van der Waals surface area contributed by atoms with Crippen LogP contribution in [0.4, 0.5) is 0 Å². The van der Waals surface area contributed by atoms with Crippen LogP contribution in [-0.2, 0) is 21.4 Å². The van der Waals surface area contributed by atoms with E-state index in [1.807, 2.05) is 38.1 Å². The number of nitrogens with zero attached hydrogens (tertiary/aromatic N) is 1. The Kier molecular flexibility index (Phi) is 9.43. The van der Waals surface area contributed by atoms with Gasteiger partial charge in [0, 0.05) is 25.2 Å². The molecule has 8 nitrogen and oxygen atoms in total. The molecule has 2 amide bonds. The predicted molar refractivity (Wildman–Crippen MR) is 127 cm³/mol. The van der Waals surface area contributed by atoms with Crippen molar-refractivity contribution >= 4 is 21.8 Å². The van der Waals surface area contributed by atoms with Crippen molar-refractivity contribution in [1.29, 1.82) is 0 Å². The Morgan fingerprint density at radius 1 is 1.03 bits per heavy atom. The zero-order valence-corrected chi connectivity index (χ0v) is 20.6. The molecular formula is C24H33N3O5S. The second-order valence-electron chi connectivity index (χ2n) is 7.88. The molecule has 0 aliphatic heterocycles. The summed E-state index contributed by atoms with van der Waals surface area (Å²) in [6.07, 6.45) is 0. The lowest BCUT2D eigenvalue weighted by Crippen LogP contribution is -2.49. The molecule has 0 saturated carbocycles. The molecule has 180 valence electrons. The highest BCUT2D eigenvalue weighted by Crippen LogP contribution is 2.17. The fourth-order valence-corrected chi connectivity index (χ4v) is 4.82. The highest BCUT2D eigenvalue weighted by Gasteiger charge is 2.26. The second kappa shape index (κ2) is 11.8. The molecule has 0 aromatic heterocycles. The molecule has 0 bridgehead atoms. The van der Waals surface area contributed by atoms with Crippen molar-refractivity contribution in [2.45, 2.75) is 45.2 Å². The molecule has 0 fully saturated rings. The van der Waals surface area contributed by atoms with Crippen LogP contribution in [0.1, 0.15) is 43.6 Å². The summed E-state index contributed by atoms with van der Waals surface area (Å²) in [7, 11) is -2.11. The Bertz CT molecular complexity index is 1050. The van der Waals surface area contributed by atoms with Crippen molar-refractivity contribution < 1.29 is 22.7 Å². The Morgan fingerprint density at radius 3 is 2.21 bits per heavy atom. The SMILES string of the molecule is CCN(CC)S(=O)(=O)c1cccc(C(=O)N[C@H](C(=O)NCc2ccc(OC)cc2)C(C)C)c1. The quantitative estimate of drug-likeness (QED) is 0.520. The maximum absolute atomic E-state index is 12.9. The van der Waals surface area contributed by atoms with E-state index in [9.17, 15) is 18.0 Å². The highest BCUT2D eigenvalue weighted by molar-refractivity contribution is 7.89. The number of carbonyl (C=O) groups is 2. The standard InChI is InChI=1S/C24H33N3O5S/c1-6-27(7-2)33(30,31)21-10-8-9-19(15-21)23(28)26-22(17(3)4)24(29)25-16-18-11-13-20(32-5)14-12-18/h8-15,17,22H,6-7,16H2,1-5H3,(H,25,29)(H,26,28)/t22-/m0/s1. The first-order valence-corrected chi connectivity index (χ1v) is 12.4. The lowest BCUT2D eigenvalue weighted by Gasteiger charge is -2.22. The van der Waals surface area contributed by atoms with Gasteiger partial charge in [-0.05, 0) is 41.8 Å². The number of benzene rings is 2. The summed E-state index contributed by atoms with van der Waals surface area (Å²) in [5.74, 6) is -0.277. The number of hydrogen-bond donors (Lipinski definition) is 2. The van der Waals surface area contributed by atoms with Gasteiger partial charge in [0.05, 0.1) is 12.0 Å². The van der Waals surface area contributed by atoms with Gasteiger partial charge >= 0.3 is 0 Å². The number of sulfonamides is 1. The summed E-state index contributed by atoms with van der Waals surface area (Å²) in [5.41, 5.74) is 1.07. The van der Waals surface area contributed by atoms with Crippen molar-refractivity contribution in [3.05, 3.63) is 59.7 Å². The average Bonchev–Trinajstić information content (AvgIpc) is 2.81. The van der Waals surface area contributed by atoms with Gasteiger partial charge in [0.15, 0.2) is 0 Å². The monoisotopic (exact) mass is 475 g/mol. The first kappa shape index (κ1) is 26.3. The number of hydrogen-bond acceptors (Lipinski definition) is 5. The lowest BCUT2D eigenvalue weighted by atomic mass is 10.0. The van der Waals surface area contributed by atoms with Crippen LogP contribution < -0.4 is 15.4 Å². The van der Waals surface area contributed by atoms with Gasteiger partial charge in [-0.1, -0.05) is 45.9 Å². The Morgan fingerprint density at radius 2 is 1.67 bits per heavy atom. The number of nitrogens with one attached hydrogen (secondary N) is 2. The third-order valence-electron chi connectivity index (χ3n) is 5.30. The zero-order chi connectivity index (χ0) is 24.6. The normalized spacial score (nSPS) is 12.5. The molecule has 1 atom stereocenters. The van der Waals surface area contributed by atoms with E-state index in [1.165, 1.54) is 28.6 Å². The van der Waals surface area contributed by atoms with Crippen LogP contribution >= 0.6 is 0 Å². The van der Waals surface area contributed by atoms with E-state index in [1.54, 1.807) is 21.0 Å². The molecule has 9 heteroatoms. The average molecular weight is 476 g/mol. The van der Waals surface area contributed by atoms with Crippen LogP contribution in [0.25, 0.3) is 0 Å². The van der Waals surface area contributed by atoms with E-state index in [2.05, 4.69) is 10.6 Å². The van der Waals surface area contributed by atoms with Gasteiger partial charge in [-0.2, -0.15) is 4.31 Å². The molecule has 0 heterocycles. The van der Waals surface area contributed by atoms with Crippen LogP contribution in [-0.4, -0.2) is 50.8 Å². The maximum Gasteiger partial charge on any atom is 0.251 e. The summed E-state index contributed by atoms with van der Waals surface area (Å²) >= 11 is 0. The van der Waals surface area contributed by atoms with E-state index in [0.717, 1.165) is 11.3 Å². The molecule has 2 rings (SSSR count). The molecule has 2 aromatic rings. The summed E-state index contributed by atoms with van der Waals surface area (Å²) in [6, 6.07) is 12.4. The van der Waals surface area contributed by atoms with E-state index in [-0.39, 0.29) is 22.3 Å². The van der Waals surface area contributed by atoms with Crippen molar-refractivity contribution in [2.75, 3.05) is 20.2 Å². The highest BCUT2D eigenvalue weighted by atomic mass is 32.2. The van der Waals surface area contributed by atoms with Crippen LogP contribution in [0, 0.1) is 5.92 Å². The first-order valence-electron chi connectivity index (χ1n) is 11.0. The maximum atomic E-state index is 12.9. The number of methoxy groups -OCH3 is 1. The number of carbonyl (C=O) groups excluding carboxylic acids is 2. The van der Waals surface area contributed by atoms with Crippen LogP contribution in [0.5, 0.6) is 5.75 Å². The minimum absolute atomic E-state index is 0.0453. The minimum atomic E-state index is -3.70. The number of amides is 2. The van der Waals surface area contributed by atoms with Crippen molar-refractivity contribution in [2.24, 2.45) is 5.92 Å². The van der Waals surface area contributed by atoms with Gasteiger partial charge in [0.2, 0.25) is 15.9 Å². The summed E-state index contributed by atoms with van der Waals surface area (Å²) < 4.78 is 32.0. The Labute approximate surface area is 196 Å². The fourth-order valence-electron chi connectivity index (χ4n) is 3.31. The largest absolute Gasteiger partial charge is 0.497 e. The molecule has 0 radical (unpaired) electrons. The molecule has 0 aliphatic rings. The Hall–Kier alpha value is -2.91. The minimum Gasteiger partial charge on any atom is -0.497 e. The van der Waals surface area contributed by atoms with E-state index < -0.39 is 22.0 Å². The summed E-state index contributed by atoms with van der Waals surface area (Å²) in [5, 5.41) is 5.59. The smallest absolute Gasteiger partial charge is 0.251 e. The van der Waals surface area contributed by atoms with Crippen LogP contribution in [0.2, 0.25) is 0 Å². The van der Waals surface area contributed by atoms with E-state index >= 15 is 0 Å². The third kappa shape index (κ3) is 6.79. The molecule has 0 aliphatic carbocycles. The second-order valence-corrected chi connectivity index (χ2v) is 9.82. The lowest BCUT2D eigenvalue weighted by molar-refractivity contribution is -0.124. The van der Waals surface area contributed by atoms with Gasteiger partial charge in [-0.25, -0.2) is 8.42 Å². The molecular weight excluding hydrogens is 442 g/mol. The molecule has 0 spiro atoms. The van der Waals surface area contributed by atoms with Crippen LogP contribution in [0.15, 0.2) is 53.4 Å². The Balaban J connectivity index is 2.12. The summed E-state index contributed by atoms with van der Waals surface area (Å²) in [6.45, 7) is 8.15. The zero-order valence-electron chi connectivity index (χ0n) is 19.8. The molecule has 2 aromatic carbocycles. The first-order chi connectivity index (χ1) is 15.6. The number of rotatable bonds is 11. The van der Waals surface area contributed by atoms with Crippen molar-refractivity contribution in [1.82, 2.24) is 14.9 Å². The molecule has 33 heavy (non-hydrogen) atoms. The molecule has 0 saturated heterocycles. The van der Waals surface area contributed by atoms with Gasteiger partial charge in [-0.15, -0.1) is 0 Å².